The number of hydrogen-bond donors (Lipinski definition) is 0. The summed E-state index contributed by atoms with van der Waals surface area (Å²) in [5.41, 5.74) is 2.13. The predicted octanol–water partition coefficient (Wildman–Crippen LogP) is 3.43. The first-order valence-electron chi connectivity index (χ1n) is 8.70. The fourth-order valence-corrected chi connectivity index (χ4v) is 6.72. The number of nitrogens with zero attached hydrogens (tertiary/aromatic N) is 1. The molecule has 4 unspecified atom stereocenters. The molecule has 4 aliphatic rings. The smallest absolute Gasteiger partial charge is 0.0920 e. The Balaban J connectivity index is 1.57. The molecule has 0 aromatic heterocycles. The van der Waals surface area contributed by atoms with Gasteiger partial charge in [0.05, 0.1) is 11.1 Å². The van der Waals surface area contributed by atoms with Crippen LogP contribution < -0.4 is 0 Å². The lowest BCUT2D eigenvalue weighted by Gasteiger charge is -2.33. The normalized spacial score (nSPS) is 47.8. The third-order valence-corrected chi connectivity index (χ3v) is 7.25. The monoisotopic (exact) mass is 283 g/mol. The number of methoxy groups -OCH3 is 1. The van der Waals surface area contributed by atoms with Crippen molar-refractivity contribution in [3.05, 3.63) is 35.9 Å². The standard InChI is InChI=1S/C19H25NO/c1-21-18-13-15(14-7-3-2-4-8-14)16-9-10-17(18)19(16,18)20-11-5-6-12-20/h2-4,7-8,15-17H,5-6,9-13H2,1H3/t15-,16?,17?,18?,19?/m0/s1. The van der Waals surface area contributed by atoms with Crippen LogP contribution >= 0.6 is 0 Å². The molecule has 3 aliphatic carbocycles. The van der Waals surface area contributed by atoms with E-state index in [9.17, 15) is 0 Å². The molecule has 0 radical (unpaired) electrons. The average Bonchev–Trinajstić information content (AvgIpc) is 2.99. The Kier molecular flexibility index (Phi) is 2.48. The molecule has 2 nitrogen and oxygen atoms in total. The fraction of sp³-hybridized carbons (Fsp3) is 0.684. The van der Waals surface area contributed by atoms with Crippen molar-refractivity contribution in [2.24, 2.45) is 11.8 Å². The number of hydrogen-bond acceptors (Lipinski definition) is 2. The lowest BCUT2D eigenvalue weighted by molar-refractivity contribution is 0.0190. The highest BCUT2D eigenvalue weighted by Crippen LogP contribution is 2.80. The van der Waals surface area contributed by atoms with Crippen molar-refractivity contribution in [1.82, 2.24) is 4.90 Å². The van der Waals surface area contributed by atoms with Gasteiger partial charge in [0.1, 0.15) is 0 Å². The maximum Gasteiger partial charge on any atom is 0.0920 e. The van der Waals surface area contributed by atoms with E-state index in [4.69, 9.17) is 4.74 Å². The highest BCUT2D eigenvalue weighted by molar-refractivity contribution is 5.45. The Morgan fingerprint density at radius 1 is 1.10 bits per heavy atom. The Bertz CT molecular complexity index is 552. The van der Waals surface area contributed by atoms with Gasteiger partial charge >= 0.3 is 0 Å². The molecule has 1 aromatic rings. The van der Waals surface area contributed by atoms with E-state index in [1.807, 2.05) is 7.11 Å². The molecule has 1 aliphatic heterocycles. The van der Waals surface area contributed by atoms with Gasteiger partial charge in [0.25, 0.3) is 0 Å². The zero-order valence-corrected chi connectivity index (χ0v) is 12.9. The third kappa shape index (κ3) is 1.29. The highest BCUT2D eigenvalue weighted by Gasteiger charge is 2.88. The Hall–Kier alpha value is -0.860. The van der Waals surface area contributed by atoms with E-state index in [1.54, 1.807) is 5.56 Å². The van der Waals surface area contributed by atoms with Crippen LogP contribution in [-0.4, -0.2) is 36.2 Å². The molecule has 0 bridgehead atoms. The number of fused-ring (bicyclic) bond motifs is 1. The first-order valence-corrected chi connectivity index (χ1v) is 8.70. The largest absolute Gasteiger partial charge is 0.376 e. The summed E-state index contributed by atoms with van der Waals surface area (Å²) in [5.74, 6) is 2.35. The van der Waals surface area contributed by atoms with Crippen LogP contribution in [0.3, 0.4) is 0 Å². The first-order chi connectivity index (χ1) is 10.3. The first kappa shape index (κ1) is 12.7. The average molecular weight is 283 g/mol. The second-order valence-corrected chi connectivity index (χ2v) is 7.57. The van der Waals surface area contributed by atoms with Crippen LogP contribution in [0.2, 0.25) is 0 Å². The van der Waals surface area contributed by atoms with E-state index in [0.717, 1.165) is 11.8 Å². The minimum absolute atomic E-state index is 0.181. The maximum absolute atomic E-state index is 6.23. The van der Waals surface area contributed by atoms with Gasteiger partial charge in [-0.2, -0.15) is 0 Å². The van der Waals surface area contributed by atoms with E-state index in [2.05, 4.69) is 35.2 Å². The van der Waals surface area contributed by atoms with Crippen molar-refractivity contribution in [1.29, 1.82) is 0 Å². The SMILES string of the molecule is COC12C[C@@H](c3ccccc3)C3CCC1C32N1CCCC1. The number of likely N-dealkylation sites (tertiary alicyclic amines) is 1. The second-order valence-electron chi connectivity index (χ2n) is 7.57. The summed E-state index contributed by atoms with van der Waals surface area (Å²) in [7, 11) is 1.97. The molecule has 1 saturated heterocycles. The van der Waals surface area contributed by atoms with Crippen LogP contribution in [0, 0.1) is 11.8 Å². The quantitative estimate of drug-likeness (QED) is 0.842. The van der Waals surface area contributed by atoms with E-state index in [1.165, 1.54) is 45.2 Å². The lowest BCUT2D eigenvalue weighted by atomic mass is 9.83. The van der Waals surface area contributed by atoms with E-state index in [0.29, 0.717) is 11.5 Å². The summed E-state index contributed by atoms with van der Waals surface area (Å²) in [6.45, 7) is 2.61. The van der Waals surface area contributed by atoms with Crippen LogP contribution in [0.15, 0.2) is 30.3 Å². The van der Waals surface area contributed by atoms with Gasteiger partial charge < -0.3 is 4.74 Å². The summed E-state index contributed by atoms with van der Waals surface area (Å²) < 4.78 is 6.23. The van der Waals surface area contributed by atoms with Crippen LogP contribution in [0.1, 0.15) is 43.6 Å². The molecular formula is C19H25NO. The Morgan fingerprint density at radius 3 is 2.57 bits per heavy atom. The van der Waals surface area contributed by atoms with Crippen molar-refractivity contribution in [3.63, 3.8) is 0 Å². The molecule has 2 heteroatoms. The number of benzene rings is 1. The summed E-state index contributed by atoms with van der Waals surface area (Å²) >= 11 is 0. The van der Waals surface area contributed by atoms with Crippen LogP contribution in [0.25, 0.3) is 0 Å². The molecule has 1 heterocycles. The molecule has 5 rings (SSSR count). The maximum atomic E-state index is 6.23. The summed E-state index contributed by atoms with van der Waals surface area (Å²) in [6, 6.07) is 11.2. The van der Waals surface area contributed by atoms with Gasteiger partial charge in [-0.3, -0.25) is 4.90 Å². The van der Waals surface area contributed by atoms with Gasteiger partial charge in [-0.05, 0) is 62.6 Å². The van der Waals surface area contributed by atoms with E-state index >= 15 is 0 Å². The highest BCUT2D eigenvalue weighted by atomic mass is 16.5. The van der Waals surface area contributed by atoms with Crippen molar-refractivity contribution in [2.45, 2.75) is 49.2 Å². The molecule has 0 amide bonds. The van der Waals surface area contributed by atoms with Crippen molar-refractivity contribution < 1.29 is 4.74 Å². The number of ether oxygens (including phenoxy) is 1. The zero-order chi connectivity index (χ0) is 14.1. The van der Waals surface area contributed by atoms with Gasteiger partial charge in [0.2, 0.25) is 0 Å². The molecule has 1 aromatic carbocycles. The minimum atomic E-state index is 0.181. The Labute approximate surface area is 127 Å². The molecule has 4 fully saturated rings. The van der Waals surface area contributed by atoms with Gasteiger partial charge in [0, 0.05) is 13.0 Å². The zero-order valence-electron chi connectivity index (χ0n) is 12.9. The number of rotatable bonds is 3. The van der Waals surface area contributed by atoms with Crippen molar-refractivity contribution in [3.8, 4) is 0 Å². The Morgan fingerprint density at radius 2 is 1.86 bits per heavy atom. The molecule has 0 N–H and O–H groups in total. The summed E-state index contributed by atoms with van der Waals surface area (Å²) in [4.78, 5) is 2.84. The van der Waals surface area contributed by atoms with Crippen LogP contribution in [0.4, 0.5) is 0 Å². The van der Waals surface area contributed by atoms with Gasteiger partial charge in [-0.25, -0.2) is 0 Å². The van der Waals surface area contributed by atoms with Crippen LogP contribution in [-0.2, 0) is 4.74 Å². The fourth-order valence-electron chi connectivity index (χ4n) is 6.72. The predicted molar refractivity (Wildman–Crippen MR) is 83.3 cm³/mol. The van der Waals surface area contributed by atoms with E-state index < -0.39 is 0 Å². The third-order valence-electron chi connectivity index (χ3n) is 7.25. The second kappa shape index (κ2) is 4.11. The molecular weight excluding hydrogens is 258 g/mol. The summed E-state index contributed by atoms with van der Waals surface area (Å²) in [6.07, 6.45) is 6.82. The topological polar surface area (TPSA) is 12.5 Å². The molecule has 112 valence electrons. The van der Waals surface area contributed by atoms with Gasteiger partial charge in [-0.15, -0.1) is 0 Å². The summed E-state index contributed by atoms with van der Waals surface area (Å²) in [5, 5.41) is 0. The molecule has 5 atom stereocenters. The van der Waals surface area contributed by atoms with Crippen LogP contribution in [0.5, 0.6) is 0 Å². The van der Waals surface area contributed by atoms with Gasteiger partial charge in [0.15, 0.2) is 0 Å². The van der Waals surface area contributed by atoms with Crippen molar-refractivity contribution >= 4 is 0 Å². The van der Waals surface area contributed by atoms with E-state index in [-0.39, 0.29) is 5.60 Å². The van der Waals surface area contributed by atoms with Crippen molar-refractivity contribution in [2.75, 3.05) is 20.2 Å². The molecule has 3 saturated carbocycles. The lowest BCUT2D eigenvalue weighted by Crippen LogP contribution is -2.44. The molecule has 21 heavy (non-hydrogen) atoms. The minimum Gasteiger partial charge on any atom is -0.376 e. The molecule has 0 spiro atoms. The van der Waals surface area contributed by atoms with Gasteiger partial charge in [-0.1, -0.05) is 30.3 Å².